The van der Waals surface area contributed by atoms with Gasteiger partial charge in [0.1, 0.15) is 5.82 Å². The quantitative estimate of drug-likeness (QED) is 0.803. The molecule has 0 spiro atoms. The maximum atomic E-state index is 13.4. The van der Waals surface area contributed by atoms with E-state index in [-0.39, 0.29) is 18.7 Å². The van der Waals surface area contributed by atoms with E-state index in [1.54, 1.807) is 0 Å². The summed E-state index contributed by atoms with van der Waals surface area (Å²) >= 11 is 0. The molecule has 0 amide bonds. The predicted molar refractivity (Wildman–Crippen MR) is 74.2 cm³/mol. The highest BCUT2D eigenvalue weighted by atomic mass is 19.2. The minimum Gasteiger partial charge on any atom is -0.391 e. The number of benzene rings is 2. The number of hydrogen-bond donors (Lipinski definition) is 2. The summed E-state index contributed by atoms with van der Waals surface area (Å²) in [7, 11) is 0. The van der Waals surface area contributed by atoms with Crippen LogP contribution in [0.25, 0.3) is 0 Å². The number of aliphatic hydroxyl groups is 1. The third-order valence-corrected chi connectivity index (χ3v) is 3.10. The van der Waals surface area contributed by atoms with Gasteiger partial charge in [0.2, 0.25) is 0 Å². The van der Waals surface area contributed by atoms with Crippen LogP contribution < -0.4 is 5.32 Å². The van der Waals surface area contributed by atoms with Crippen LogP contribution in [0.2, 0.25) is 0 Å². The Morgan fingerprint density at radius 3 is 2.33 bits per heavy atom. The van der Waals surface area contributed by atoms with E-state index in [2.05, 4.69) is 5.32 Å². The second kappa shape index (κ2) is 7.24. The van der Waals surface area contributed by atoms with Gasteiger partial charge in [0.05, 0.1) is 6.10 Å². The van der Waals surface area contributed by atoms with Crippen LogP contribution in [0, 0.1) is 17.5 Å². The van der Waals surface area contributed by atoms with E-state index in [0.29, 0.717) is 12.5 Å². The smallest absolute Gasteiger partial charge is 0.161 e. The predicted octanol–water partition coefficient (Wildman–Crippen LogP) is 2.80. The van der Waals surface area contributed by atoms with Gasteiger partial charge in [-0.05, 0) is 18.1 Å². The van der Waals surface area contributed by atoms with E-state index in [0.717, 1.165) is 11.6 Å². The summed E-state index contributed by atoms with van der Waals surface area (Å²) in [6, 6.07) is 10.8. The SMILES string of the molecule is OC(CNCc1cc(F)c(F)cc1F)Cc1ccccc1. The van der Waals surface area contributed by atoms with Gasteiger partial charge in [-0.25, -0.2) is 13.2 Å². The lowest BCUT2D eigenvalue weighted by Crippen LogP contribution is -2.28. The van der Waals surface area contributed by atoms with Crippen LogP contribution in [0.1, 0.15) is 11.1 Å². The number of hydrogen-bond acceptors (Lipinski definition) is 2. The van der Waals surface area contributed by atoms with Crippen molar-refractivity contribution in [2.24, 2.45) is 0 Å². The van der Waals surface area contributed by atoms with Gasteiger partial charge >= 0.3 is 0 Å². The van der Waals surface area contributed by atoms with Crippen molar-refractivity contribution in [3.05, 3.63) is 71.0 Å². The molecular weight excluding hydrogens is 279 g/mol. The minimum absolute atomic E-state index is 0.0227. The molecule has 1 atom stereocenters. The standard InChI is InChI=1S/C16H16F3NO/c17-14-8-16(19)15(18)7-12(14)9-20-10-13(21)6-11-4-2-1-3-5-11/h1-5,7-8,13,20-21H,6,9-10H2. The maximum absolute atomic E-state index is 13.4. The molecule has 21 heavy (non-hydrogen) atoms. The van der Waals surface area contributed by atoms with Gasteiger partial charge in [-0.3, -0.25) is 0 Å². The lowest BCUT2D eigenvalue weighted by atomic mass is 10.1. The van der Waals surface area contributed by atoms with Crippen LogP contribution in [0.4, 0.5) is 13.2 Å². The van der Waals surface area contributed by atoms with Gasteiger partial charge in [0.15, 0.2) is 11.6 Å². The highest BCUT2D eigenvalue weighted by Crippen LogP contribution is 2.13. The Bertz CT molecular complexity index is 590. The zero-order valence-electron chi connectivity index (χ0n) is 11.3. The van der Waals surface area contributed by atoms with Crippen molar-refractivity contribution in [2.75, 3.05) is 6.54 Å². The molecule has 0 radical (unpaired) electrons. The van der Waals surface area contributed by atoms with E-state index < -0.39 is 23.6 Å². The first-order valence-electron chi connectivity index (χ1n) is 6.62. The fraction of sp³-hybridized carbons (Fsp3) is 0.250. The number of nitrogens with one attached hydrogen (secondary N) is 1. The van der Waals surface area contributed by atoms with Gasteiger partial charge in [0, 0.05) is 24.7 Å². The third-order valence-electron chi connectivity index (χ3n) is 3.10. The second-order valence-electron chi connectivity index (χ2n) is 4.83. The Balaban J connectivity index is 1.83. The van der Waals surface area contributed by atoms with Crippen molar-refractivity contribution >= 4 is 0 Å². The maximum Gasteiger partial charge on any atom is 0.161 e. The molecule has 0 heterocycles. The fourth-order valence-corrected chi connectivity index (χ4v) is 2.03. The molecule has 0 fully saturated rings. The summed E-state index contributed by atoms with van der Waals surface area (Å²) in [5, 5.41) is 12.7. The van der Waals surface area contributed by atoms with Crippen molar-refractivity contribution in [1.82, 2.24) is 5.32 Å². The topological polar surface area (TPSA) is 32.3 Å². The zero-order chi connectivity index (χ0) is 15.2. The normalized spacial score (nSPS) is 12.4. The Labute approximate surface area is 121 Å². The molecule has 2 nitrogen and oxygen atoms in total. The minimum atomic E-state index is -1.21. The Morgan fingerprint density at radius 1 is 0.952 bits per heavy atom. The second-order valence-corrected chi connectivity index (χ2v) is 4.83. The highest BCUT2D eigenvalue weighted by molar-refractivity contribution is 5.20. The van der Waals surface area contributed by atoms with E-state index in [4.69, 9.17) is 0 Å². The van der Waals surface area contributed by atoms with E-state index in [9.17, 15) is 18.3 Å². The molecule has 5 heteroatoms. The van der Waals surface area contributed by atoms with Crippen LogP contribution in [-0.2, 0) is 13.0 Å². The van der Waals surface area contributed by atoms with Crippen molar-refractivity contribution in [1.29, 1.82) is 0 Å². The fourth-order valence-electron chi connectivity index (χ4n) is 2.03. The summed E-state index contributed by atoms with van der Waals surface area (Å²) in [5.74, 6) is -3.10. The monoisotopic (exact) mass is 295 g/mol. The van der Waals surface area contributed by atoms with Gasteiger partial charge in [-0.1, -0.05) is 30.3 Å². The first kappa shape index (κ1) is 15.5. The summed E-state index contributed by atoms with van der Waals surface area (Å²) in [6.07, 6.45) is -0.172. The summed E-state index contributed by atoms with van der Waals surface area (Å²) in [5.41, 5.74) is 1.02. The van der Waals surface area contributed by atoms with Crippen molar-refractivity contribution < 1.29 is 18.3 Å². The van der Waals surface area contributed by atoms with Crippen LogP contribution in [0.5, 0.6) is 0 Å². The molecule has 0 aliphatic rings. The number of aliphatic hydroxyl groups excluding tert-OH is 1. The van der Waals surface area contributed by atoms with E-state index in [1.807, 2.05) is 30.3 Å². The Kier molecular flexibility index (Phi) is 5.36. The Hall–Kier alpha value is -1.85. The number of halogens is 3. The molecule has 0 aliphatic heterocycles. The van der Waals surface area contributed by atoms with Crippen molar-refractivity contribution in [3.63, 3.8) is 0 Å². The summed E-state index contributed by atoms with van der Waals surface area (Å²) in [4.78, 5) is 0. The molecule has 0 bridgehead atoms. The molecule has 2 rings (SSSR count). The average Bonchev–Trinajstić information content (AvgIpc) is 2.45. The first-order chi connectivity index (χ1) is 10.1. The van der Waals surface area contributed by atoms with Crippen molar-refractivity contribution in [3.8, 4) is 0 Å². The molecule has 0 aliphatic carbocycles. The lowest BCUT2D eigenvalue weighted by molar-refractivity contribution is 0.171. The van der Waals surface area contributed by atoms with Crippen LogP contribution in [0.3, 0.4) is 0 Å². The molecule has 2 N–H and O–H groups in total. The Morgan fingerprint density at radius 2 is 1.62 bits per heavy atom. The molecule has 2 aromatic carbocycles. The van der Waals surface area contributed by atoms with Crippen LogP contribution in [0.15, 0.2) is 42.5 Å². The van der Waals surface area contributed by atoms with Crippen LogP contribution in [-0.4, -0.2) is 17.8 Å². The van der Waals surface area contributed by atoms with Crippen LogP contribution >= 0.6 is 0 Å². The molecular formula is C16H16F3NO. The van der Waals surface area contributed by atoms with Crippen molar-refractivity contribution in [2.45, 2.75) is 19.1 Å². The third kappa shape index (κ3) is 4.58. The number of rotatable bonds is 6. The molecule has 112 valence electrons. The zero-order valence-corrected chi connectivity index (χ0v) is 11.3. The van der Waals surface area contributed by atoms with Gasteiger partial charge < -0.3 is 10.4 Å². The van der Waals surface area contributed by atoms with E-state index in [1.165, 1.54) is 0 Å². The first-order valence-corrected chi connectivity index (χ1v) is 6.62. The molecule has 1 unspecified atom stereocenters. The molecule has 2 aromatic rings. The average molecular weight is 295 g/mol. The van der Waals surface area contributed by atoms with Gasteiger partial charge in [0.25, 0.3) is 0 Å². The lowest BCUT2D eigenvalue weighted by Gasteiger charge is -2.12. The molecule has 0 aromatic heterocycles. The molecule has 0 saturated heterocycles. The highest BCUT2D eigenvalue weighted by Gasteiger charge is 2.10. The summed E-state index contributed by atoms with van der Waals surface area (Å²) in [6.45, 7) is 0.252. The largest absolute Gasteiger partial charge is 0.391 e. The molecule has 0 saturated carbocycles. The van der Waals surface area contributed by atoms with E-state index >= 15 is 0 Å². The summed E-state index contributed by atoms with van der Waals surface area (Å²) < 4.78 is 39.2. The van der Waals surface area contributed by atoms with Gasteiger partial charge in [-0.15, -0.1) is 0 Å². The van der Waals surface area contributed by atoms with Gasteiger partial charge in [-0.2, -0.15) is 0 Å².